The van der Waals surface area contributed by atoms with Gasteiger partial charge < -0.3 is 14.8 Å². The number of nitrogens with zero attached hydrogens (tertiary/aromatic N) is 1. The van der Waals surface area contributed by atoms with Gasteiger partial charge in [-0.1, -0.05) is 29.8 Å². The maximum absolute atomic E-state index is 12.8. The number of hydrogen-bond acceptors (Lipinski definition) is 6. The first-order valence-corrected chi connectivity index (χ1v) is 11.1. The number of morpholine rings is 1. The van der Waals surface area contributed by atoms with Crippen LogP contribution in [0.1, 0.15) is 41.6 Å². The molecule has 1 saturated heterocycles. The Morgan fingerprint density at radius 3 is 2.40 bits per heavy atom. The molecule has 0 bridgehead atoms. The van der Waals surface area contributed by atoms with Gasteiger partial charge in [0.25, 0.3) is 0 Å². The van der Waals surface area contributed by atoms with Gasteiger partial charge in [-0.3, -0.25) is 9.69 Å². The number of carbonyl (C=O) groups is 2. The number of esters is 1. The minimum absolute atomic E-state index is 0.0914. The topological polar surface area (TPSA) is 67.9 Å². The second-order valence-electron chi connectivity index (χ2n) is 7.82. The summed E-state index contributed by atoms with van der Waals surface area (Å²) in [7, 11) is 0. The molecule has 0 spiro atoms. The van der Waals surface area contributed by atoms with E-state index in [4.69, 9.17) is 9.47 Å². The molecule has 0 saturated carbocycles. The fourth-order valence-electron chi connectivity index (χ4n) is 3.88. The number of hydrogen-bond donors (Lipinski definition) is 1. The average Bonchev–Trinajstić information content (AvgIpc) is 2.97. The predicted octanol–water partition coefficient (Wildman–Crippen LogP) is 4.26. The van der Waals surface area contributed by atoms with Crippen molar-refractivity contribution < 1.29 is 19.1 Å². The summed E-state index contributed by atoms with van der Waals surface area (Å²) in [6, 6.07) is 8.02. The van der Waals surface area contributed by atoms with Crippen LogP contribution < -0.4 is 5.32 Å². The van der Waals surface area contributed by atoms with Crippen LogP contribution in [0.4, 0.5) is 5.00 Å². The first-order chi connectivity index (χ1) is 14.3. The highest BCUT2D eigenvalue weighted by Gasteiger charge is 2.27. The highest BCUT2D eigenvalue weighted by atomic mass is 32.1. The van der Waals surface area contributed by atoms with Crippen molar-refractivity contribution in [3.05, 3.63) is 40.3 Å². The van der Waals surface area contributed by atoms with E-state index in [1.807, 2.05) is 52.0 Å². The average molecular weight is 431 g/mol. The summed E-state index contributed by atoms with van der Waals surface area (Å²) < 4.78 is 11.1. The summed E-state index contributed by atoms with van der Waals surface area (Å²) in [4.78, 5) is 28.6. The minimum Gasteiger partial charge on any atom is -0.462 e. The van der Waals surface area contributed by atoms with E-state index in [1.54, 1.807) is 6.92 Å². The Kier molecular flexibility index (Phi) is 7.28. The maximum atomic E-state index is 12.8. The number of ether oxygens (including phenoxy) is 2. The van der Waals surface area contributed by atoms with Gasteiger partial charge in [-0.2, -0.15) is 0 Å². The zero-order valence-corrected chi connectivity index (χ0v) is 19.1. The lowest BCUT2D eigenvalue weighted by atomic mass is 10.0. The largest absolute Gasteiger partial charge is 0.462 e. The maximum Gasteiger partial charge on any atom is 0.341 e. The van der Waals surface area contributed by atoms with Gasteiger partial charge in [-0.05, 0) is 40.2 Å². The molecule has 1 fully saturated rings. The van der Waals surface area contributed by atoms with Crippen LogP contribution in [-0.2, 0) is 14.3 Å². The SMILES string of the molecule is CCOC(=O)c1c(NC(=O)CN2CC(C)OC(C)C2)sc(C)c1-c1ccc(C)cc1. The molecule has 2 heterocycles. The normalized spacial score (nSPS) is 19.5. The van der Waals surface area contributed by atoms with Crippen molar-refractivity contribution in [1.29, 1.82) is 0 Å². The van der Waals surface area contributed by atoms with Gasteiger partial charge in [0.2, 0.25) is 5.91 Å². The van der Waals surface area contributed by atoms with Gasteiger partial charge in [0.05, 0.1) is 25.4 Å². The molecule has 2 unspecified atom stereocenters. The van der Waals surface area contributed by atoms with Gasteiger partial charge in [0, 0.05) is 23.5 Å². The van der Waals surface area contributed by atoms with E-state index in [0.29, 0.717) is 23.7 Å². The highest BCUT2D eigenvalue weighted by Crippen LogP contribution is 2.40. The Morgan fingerprint density at radius 1 is 1.17 bits per heavy atom. The standard InChI is InChI=1S/C23H30N2O4S/c1-6-28-23(27)21-20(18-9-7-14(2)8-10-18)17(5)30-22(21)24-19(26)13-25-11-15(3)29-16(4)12-25/h7-10,15-16H,6,11-13H2,1-5H3,(H,24,26). The number of nitrogens with one attached hydrogen (secondary N) is 1. The van der Waals surface area contributed by atoms with Crippen molar-refractivity contribution in [3.63, 3.8) is 0 Å². The van der Waals surface area contributed by atoms with E-state index in [0.717, 1.165) is 21.6 Å². The molecule has 30 heavy (non-hydrogen) atoms. The van der Waals surface area contributed by atoms with Crippen molar-refractivity contribution in [2.24, 2.45) is 0 Å². The summed E-state index contributed by atoms with van der Waals surface area (Å²) in [5, 5.41) is 3.51. The molecule has 7 heteroatoms. The van der Waals surface area contributed by atoms with Crippen molar-refractivity contribution in [1.82, 2.24) is 4.90 Å². The molecule has 1 aliphatic heterocycles. The van der Waals surface area contributed by atoms with Crippen LogP contribution in [0.5, 0.6) is 0 Å². The number of carbonyl (C=O) groups excluding carboxylic acids is 2. The quantitative estimate of drug-likeness (QED) is 0.694. The fraction of sp³-hybridized carbons (Fsp3) is 0.478. The first kappa shape index (κ1) is 22.5. The van der Waals surface area contributed by atoms with E-state index in [-0.39, 0.29) is 31.3 Å². The number of anilines is 1. The van der Waals surface area contributed by atoms with Crippen LogP contribution in [0, 0.1) is 13.8 Å². The molecule has 0 aliphatic carbocycles. The van der Waals surface area contributed by atoms with E-state index >= 15 is 0 Å². The van der Waals surface area contributed by atoms with Crippen LogP contribution >= 0.6 is 11.3 Å². The van der Waals surface area contributed by atoms with Crippen LogP contribution in [0.15, 0.2) is 24.3 Å². The van der Waals surface area contributed by atoms with Crippen molar-refractivity contribution in [2.45, 2.75) is 46.8 Å². The lowest BCUT2D eigenvalue weighted by Gasteiger charge is -2.34. The second-order valence-corrected chi connectivity index (χ2v) is 9.05. The number of thiophene rings is 1. The number of rotatable bonds is 6. The van der Waals surface area contributed by atoms with Gasteiger partial charge >= 0.3 is 5.97 Å². The fourth-order valence-corrected chi connectivity index (χ4v) is 4.96. The van der Waals surface area contributed by atoms with Gasteiger partial charge in [-0.25, -0.2) is 4.79 Å². The molecule has 6 nitrogen and oxygen atoms in total. The molecule has 3 rings (SSSR count). The van der Waals surface area contributed by atoms with Crippen molar-refractivity contribution >= 4 is 28.2 Å². The van der Waals surface area contributed by atoms with Crippen LogP contribution in [0.3, 0.4) is 0 Å². The molecule has 2 atom stereocenters. The second kappa shape index (κ2) is 9.73. The molecular formula is C23H30N2O4S. The predicted molar refractivity (Wildman–Crippen MR) is 120 cm³/mol. The third kappa shape index (κ3) is 5.28. The molecule has 1 aliphatic rings. The Balaban J connectivity index is 1.86. The van der Waals surface area contributed by atoms with Crippen LogP contribution in [0.25, 0.3) is 11.1 Å². The Bertz CT molecular complexity index is 897. The summed E-state index contributed by atoms with van der Waals surface area (Å²) in [6.07, 6.45) is 0.183. The lowest BCUT2D eigenvalue weighted by Crippen LogP contribution is -2.48. The third-order valence-corrected chi connectivity index (χ3v) is 6.04. The molecule has 162 valence electrons. The zero-order chi connectivity index (χ0) is 21.8. The van der Waals surface area contributed by atoms with E-state index < -0.39 is 5.97 Å². The van der Waals surface area contributed by atoms with E-state index in [2.05, 4.69) is 10.2 Å². The van der Waals surface area contributed by atoms with E-state index in [1.165, 1.54) is 11.3 Å². The van der Waals surface area contributed by atoms with Gasteiger partial charge in [0.1, 0.15) is 10.6 Å². The van der Waals surface area contributed by atoms with Crippen molar-refractivity contribution in [2.75, 3.05) is 31.6 Å². The Labute approximate surface area is 182 Å². The molecule has 2 aromatic rings. The molecular weight excluding hydrogens is 400 g/mol. The summed E-state index contributed by atoms with van der Waals surface area (Å²) in [5.74, 6) is -0.556. The molecule has 0 radical (unpaired) electrons. The summed E-state index contributed by atoms with van der Waals surface area (Å²) >= 11 is 1.41. The van der Waals surface area contributed by atoms with Gasteiger partial charge in [-0.15, -0.1) is 11.3 Å². The number of aryl methyl sites for hydroxylation is 2. The Morgan fingerprint density at radius 2 is 1.80 bits per heavy atom. The minimum atomic E-state index is -0.415. The highest BCUT2D eigenvalue weighted by molar-refractivity contribution is 7.17. The van der Waals surface area contributed by atoms with Crippen LogP contribution in [0.2, 0.25) is 0 Å². The van der Waals surface area contributed by atoms with Crippen molar-refractivity contribution in [3.8, 4) is 11.1 Å². The summed E-state index contributed by atoms with van der Waals surface area (Å²) in [5.41, 5.74) is 3.34. The monoisotopic (exact) mass is 430 g/mol. The van der Waals surface area contributed by atoms with Crippen LogP contribution in [-0.4, -0.2) is 55.2 Å². The van der Waals surface area contributed by atoms with E-state index in [9.17, 15) is 9.59 Å². The molecule has 1 amide bonds. The molecule has 1 aromatic heterocycles. The summed E-state index contributed by atoms with van der Waals surface area (Å²) in [6.45, 7) is 11.7. The lowest BCUT2D eigenvalue weighted by molar-refractivity contribution is -0.121. The molecule has 1 aromatic carbocycles. The smallest absolute Gasteiger partial charge is 0.341 e. The third-order valence-electron chi connectivity index (χ3n) is 5.02. The number of benzene rings is 1. The zero-order valence-electron chi connectivity index (χ0n) is 18.3. The number of amides is 1. The van der Waals surface area contributed by atoms with Gasteiger partial charge in [0.15, 0.2) is 0 Å². The molecule has 1 N–H and O–H groups in total. The Hall–Kier alpha value is -2.22. The first-order valence-electron chi connectivity index (χ1n) is 10.3.